The van der Waals surface area contributed by atoms with Crippen LogP contribution < -0.4 is 0 Å². The summed E-state index contributed by atoms with van der Waals surface area (Å²) in [5.41, 5.74) is 3.21. The Morgan fingerprint density at radius 1 is 0.892 bits per heavy atom. The van der Waals surface area contributed by atoms with E-state index in [2.05, 4.69) is 4.90 Å². The Labute approximate surface area is 223 Å². The summed E-state index contributed by atoms with van der Waals surface area (Å²) >= 11 is 6.10. The predicted octanol–water partition coefficient (Wildman–Crippen LogP) is 4.53. The zero-order chi connectivity index (χ0) is 26.3. The quantitative estimate of drug-likeness (QED) is 0.350. The van der Waals surface area contributed by atoms with Crippen LogP contribution in [0.5, 0.6) is 0 Å². The summed E-state index contributed by atoms with van der Waals surface area (Å²) in [7, 11) is -2.02. The van der Waals surface area contributed by atoms with Gasteiger partial charge in [0.1, 0.15) is 0 Å². The van der Waals surface area contributed by atoms with Crippen LogP contribution in [0.3, 0.4) is 0 Å². The summed E-state index contributed by atoms with van der Waals surface area (Å²) < 4.78 is 38.5. The van der Waals surface area contributed by atoms with Crippen molar-refractivity contribution in [1.29, 1.82) is 0 Å². The Bertz CT molecular complexity index is 1260. The molecule has 4 rings (SSSR count). The maximum atomic E-state index is 12.9. The standard InChI is InChI=1S/C28H31ClN2O5S/c1-35-28(32)25-9-7-22(8-10-25)20-36-27(24-11-13-26(29)14-12-24)19-30-15-17-31(18-16-30)37(33,34)21-23-5-3-2-4-6-23/h2-14,27H,15-21H2,1H3/t27-/m0/s1. The molecule has 3 aromatic carbocycles. The molecule has 0 unspecified atom stereocenters. The fourth-order valence-electron chi connectivity index (χ4n) is 4.28. The van der Waals surface area contributed by atoms with E-state index in [0.29, 0.717) is 49.9 Å². The molecule has 0 aliphatic carbocycles. The number of benzene rings is 3. The maximum Gasteiger partial charge on any atom is 0.337 e. The van der Waals surface area contributed by atoms with E-state index in [0.717, 1.165) is 16.7 Å². The lowest BCUT2D eigenvalue weighted by Crippen LogP contribution is -2.49. The lowest BCUT2D eigenvalue weighted by Gasteiger charge is -2.36. The Balaban J connectivity index is 1.37. The number of carbonyl (C=O) groups is 1. The lowest BCUT2D eigenvalue weighted by atomic mass is 10.1. The summed E-state index contributed by atoms with van der Waals surface area (Å²) in [5, 5.41) is 0.651. The first kappa shape index (κ1) is 27.3. The molecule has 1 fully saturated rings. The van der Waals surface area contributed by atoms with Gasteiger partial charge in [-0.15, -0.1) is 0 Å². The zero-order valence-electron chi connectivity index (χ0n) is 20.8. The molecule has 9 heteroatoms. The Morgan fingerprint density at radius 3 is 2.16 bits per heavy atom. The minimum Gasteiger partial charge on any atom is -0.465 e. The highest BCUT2D eigenvalue weighted by molar-refractivity contribution is 7.88. The predicted molar refractivity (Wildman–Crippen MR) is 144 cm³/mol. The number of nitrogens with zero attached hydrogens (tertiary/aromatic N) is 2. The Morgan fingerprint density at radius 2 is 1.54 bits per heavy atom. The summed E-state index contributed by atoms with van der Waals surface area (Å²) in [6.07, 6.45) is -0.231. The van der Waals surface area contributed by atoms with Crippen molar-refractivity contribution in [2.45, 2.75) is 18.5 Å². The third kappa shape index (κ3) is 7.63. The zero-order valence-corrected chi connectivity index (χ0v) is 22.3. The van der Waals surface area contributed by atoms with Gasteiger partial charge >= 0.3 is 5.97 Å². The average molecular weight is 543 g/mol. The number of piperazine rings is 1. The first-order valence-electron chi connectivity index (χ1n) is 12.1. The molecule has 0 spiro atoms. The van der Waals surface area contributed by atoms with Gasteiger partial charge in [-0.05, 0) is 41.0 Å². The van der Waals surface area contributed by atoms with Crippen LogP contribution in [0.1, 0.15) is 33.2 Å². The molecule has 37 heavy (non-hydrogen) atoms. The highest BCUT2D eigenvalue weighted by Gasteiger charge is 2.28. The molecule has 0 N–H and O–H groups in total. The molecule has 0 aromatic heterocycles. The first-order valence-corrected chi connectivity index (χ1v) is 14.1. The molecule has 0 amide bonds. The normalized spacial score (nSPS) is 15.8. The number of halogens is 1. The van der Waals surface area contributed by atoms with Crippen molar-refractivity contribution in [2.24, 2.45) is 0 Å². The fourth-order valence-corrected chi connectivity index (χ4v) is 5.93. The van der Waals surface area contributed by atoms with E-state index < -0.39 is 10.0 Å². The van der Waals surface area contributed by atoms with E-state index in [-0.39, 0.29) is 17.8 Å². The Hall–Kier alpha value is -2.75. The number of methoxy groups -OCH3 is 1. The van der Waals surface area contributed by atoms with Crippen molar-refractivity contribution in [3.8, 4) is 0 Å². The highest BCUT2D eigenvalue weighted by Crippen LogP contribution is 2.24. The van der Waals surface area contributed by atoms with Crippen molar-refractivity contribution in [3.63, 3.8) is 0 Å². The summed E-state index contributed by atoms with van der Waals surface area (Å²) in [4.78, 5) is 13.9. The molecule has 1 saturated heterocycles. The van der Waals surface area contributed by atoms with Crippen molar-refractivity contribution in [2.75, 3.05) is 39.8 Å². The molecule has 0 bridgehead atoms. The number of rotatable bonds is 10. The van der Waals surface area contributed by atoms with Crippen LogP contribution in [0.25, 0.3) is 0 Å². The molecule has 0 saturated carbocycles. The number of sulfonamides is 1. The van der Waals surface area contributed by atoms with Crippen LogP contribution in [0.15, 0.2) is 78.9 Å². The molecule has 3 aromatic rings. The Kier molecular flexibility index (Phi) is 9.34. The molecule has 1 atom stereocenters. The molecule has 1 heterocycles. The van der Waals surface area contributed by atoms with Gasteiger partial charge in [-0.25, -0.2) is 13.2 Å². The largest absolute Gasteiger partial charge is 0.465 e. The van der Waals surface area contributed by atoms with Gasteiger partial charge in [0.25, 0.3) is 0 Å². The summed E-state index contributed by atoms with van der Waals surface area (Å²) in [6, 6.07) is 24.0. The van der Waals surface area contributed by atoms with Gasteiger partial charge in [-0.2, -0.15) is 4.31 Å². The second-order valence-corrected chi connectivity index (χ2v) is 11.4. The minimum atomic E-state index is -3.38. The first-order chi connectivity index (χ1) is 17.8. The molecular formula is C28H31ClN2O5S. The second kappa shape index (κ2) is 12.7. The minimum absolute atomic E-state index is 0.0130. The van der Waals surface area contributed by atoms with Crippen LogP contribution in [0.4, 0.5) is 0 Å². The van der Waals surface area contributed by atoms with Gasteiger partial charge in [0, 0.05) is 37.7 Å². The van der Waals surface area contributed by atoms with Gasteiger partial charge in [0.15, 0.2) is 0 Å². The third-order valence-electron chi connectivity index (χ3n) is 6.41. The van der Waals surface area contributed by atoms with Gasteiger partial charge in [-0.1, -0.05) is 66.2 Å². The van der Waals surface area contributed by atoms with E-state index in [1.807, 2.05) is 66.7 Å². The second-order valence-electron chi connectivity index (χ2n) is 8.98. The molecule has 0 radical (unpaired) electrons. The molecular weight excluding hydrogens is 512 g/mol. The van der Waals surface area contributed by atoms with E-state index in [9.17, 15) is 13.2 Å². The third-order valence-corrected chi connectivity index (χ3v) is 8.51. The smallest absolute Gasteiger partial charge is 0.337 e. The van der Waals surface area contributed by atoms with Gasteiger partial charge in [0.2, 0.25) is 10.0 Å². The monoisotopic (exact) mass is 542 g/mol. The van der Waals surface area contributed by atoms with Gasteiger partial charge in [0.05, 0.1) is 31.1 Å². The highest BCUT2D eigenvalue weighted by atomic mass is 35.5. The number of hydrogen-bond donors (Lipinski definition) is 0. The van der Waals surface area contributed by atoms with Crippen LogP contribution in [-0.2, 0) is 31.9 Å². The maximum absolute atomic E-state index is 12.9. The number of esters is 1. The van der Waals surface area contributed by atoms with Crippen LogP contribution in [-0.4, -0.2) is 63.4 Å². The number of ether oxygens (including phenoxy) is 2. The van der Waals surface area contributed by atoms with Crippen molar-refractivity contribution in [1.82, 2.24) is 9.21 Å². The topological polar surface area (TPSA) is 76.2 Å². The van der Waals surface area contributed by atoms with Gasteiger partial charge < -0.3 is 9.47 Å². The van der Waals surface area contributed by atoms with E-state index in [1.54, 1.807) is 16.4 Å². The number of hydrogen-bond acceptors (Lipinski definition) is 6. The SMILES string of the molecule is COC(=O)c1ccc(CO[C@@H](CN2CCN(S(=O)(=O)Cc3ccccc3)CC2)c2ccc(Cl)cc2)cc1. The molecule has 196 valence electrons. The summed E-state index contributed by atoms with van der Waals surface area (Å²) in [5.74, 6) is -0.365. The van der Waals surface area contributed by atoms with Crippen LogP contribution >= 0.6 is 11.6 Å². The van der Waals surface area contributed by atoms with Crippen LogP contribution in [0, 0.1) is 0 Å². The molecule has 1 aliphatic rings. The average Bonchev–Trinajstić information content (AvgIpc) is 2.92. The van der Waals surface area contributed by atoms with Crippen molar-refractivity contribution in [3.05, 3.63) is 106 Å². The lowest BCUT2D eigenvalue weighted by molar-refractivity contribution is 0.00770. The fraction of sp³-hybridized carbons (Fsp3) is 0.321. The van der Waals surface area contributed by atoms with Gasteiger partial charge in [-0.3, -0.25) is 4.90 Å². The van der Waals surface area contributed by atoms with E-state index in [1.165, 1.54) is 7.11 Å². The van der Waals surface area contributed by atoms with Crippen molar-refractivity contribution >= 4 is 27.6 Å². The van der Waals surface area contributed by atoms with Crippen LogP contribution in [0.2, 0.25) is 5.02 Å². The van der Waals surface area contributed by atoms with Crippen molar-refractivity contribution < 1.29 is 22.7 Å². The molecule has 7 nitrogen and oxygen atoms in total. The molecule has 1 aliphatic heterocycles. The summed E-state index contributed by atoms with van der Waals surface area (Å²) in [6.45, 7) is 3.11. The van der Waals surface area contributed by atoms with E-state index in [4.69, 9.17) is 21.1 Å². The van der Waals surface area contributed by atoms with E-state index >= 15 is 0 Å². The number of carbonyl (C=O) groups excluding carboxylic acids is 1.